The van der Waals surface area contributed by atoms with Gasteiger partial charge in [-0.25, -0.2) is 0 Å². The van der Waals surface area contributed by atoms with Crippen LogP contribution in [0.15, 0.2) is 12.1 Å². The van der Waals surface area contributed by atoms with Gasteiger partial charge in [0.25, 0.3) is 0 Å². The second-order valence-corrected chi connectivity index (χ2v) is 5.40. The van der Waals surface area contributed by atoms with Gasteiger partial charge < -0.3 is 29.2 Å². The van der Waals surface area contributed by atoms with Gasteiger partial charge in [-0.2, -0.15) is 0 Å². The molecule has 0 bridgehead atoms. The summed E-state index contributed by atoms with van der Waals surface area (Å²) in [5.41, 5.74) is 0. The fourth-order valence-corrected chi connectivity index (χ4v) is 2.39. The number of rotatable bonds is 14. The zero-order chi connectivity index (χ0) is 15.2. The first-order valence-electron chi connectivity index (χ1n) is 6.97. The third kappa shape index (κ3) is 9.92. The normalized spacial score (nSPS) is 11.1. The minimum absolute atomic E-state index is 0.0410. The van der Waals surface area contributed by atoms with Gasteiger partial charge in [-0.3, -0.25) is 0 Å². The van der Waals surface area contributed by atoms with Crippen molar-refractivity contribution in [3.63, 3.8) is 0 Å². The summed E-state index contributed by atoms with van der Waals surface area (Å²) < 4.78 is 21.1. The van der Waals surface area contributed by atoms with Crippen molar-refractivity contribution in [1.29, 1.82) is 0 Å². The average molecular weight is 320 g/mol. The highest BCUT2D eigenvalue weighted by Gasteiger charge is 2.01. The summed E-state index contributed by atoms with van der Waals surface area (Å²) in [5, 5.41) is 17.1. The Morgan fingerprint density at radius 2 is 1.10 bits per heavy atom. The highest BCUT2D eigenvalue weighted by molar-refractivity contribution is 7.11. The van der Waals surface area contributed by atoms with E-state index in [4.69, 9.17) is 29.2 Å². The van der Waals surface area contributed by atoms with E-state index >= 15 is 0 Å². The number of ether oxygens (including phenoxy) is 4. The molecule has 6 nitrogen and oxygen atoms in total. The monoisotopic (exact) mass is 320 g/mol. The van der Waals surface area contributed by atoms with E-state index < -0.39 is 0 Å². The molecule has 1 aromatic heterocycles. The zero-order valence-corrected chi connectivity index (χ0v) is 13.0. The average Bonchev–Trinajstić information content (AvgIpc) is 2.94. The highest BCUT2D eigenvalue weighted by atomic mass is 32.1. The SMILES string of the molecule is OCCOCCOCc1ccc(COCCOCCO)s1. The van der Waals surface area contributed by atoms with Gasteiger partial charge in [0.2, 0.25) is 0 Å². The van der Waals surface area contributed by atoms with Crippen molar-refractivity contribution in [2.45, 2.75) is 13.2 Å². The molecule has 1 heterocycles. The molecule has 0 fully saturated rings. The molecule has 0 saturated heterocycles. The van der Waals surface area contributed by atoms with Crippen LogP contribution in [0.25, 0.3) is 0 Å². The van der Waals surface area contributed by atoms with Crippen molar-refractivity contribution in [3.8, 4) is 0 Å². The van der Waals surface area contributed by atoms with E-state index in [0.29, 0.717) is 52.9 Å². The molecule has 0 radical (unpaired) electrons. The first-order chi connectivity index (χ1) is 10.4. The Morgan fingerprint density at radius 1 is 0.667 bits per heavy atom. The molecule has 2 N–H and O–H groups in total. The number of hydrogen-bond acceptors (Lipinski definition) is 7. The fraction of sp³-hybridized carbons (Fsp3) is 0.714. The van der Waals surface area contributed by atoms with Gasteiger partial charge in [0, 0.05) is 9.75 Å². The summed E-state index contributed by atoms with van der Waals surface area (Å²) in [6.07, 6.45) is 0. The minimum atomic E-state index is 0.0410. The Labute approximate surface area is 129 Å². The Kier molecular flexibility index (Phi) is 11.6. The molecule has 1 aromatic rings. The summed E-state index contributed by atoms with van der Waals surface area (Å²) in [4.78, 5) is 2.29. The van der Waals surface area contributed by atoms with Crippen LogP contribution in [0.2, 0.25) is 0 Å². The number of aliphatic hydroxyl groups is 2. The van der Waals surface area contributed by atoms with E-state index in [0.717, 1.165) is 9.75 Å². The lowest BCUT2D eigenvalue weighted by molar-refractivity contribution is 0.0278. The molecule has 0 spiro atoms. The molecule has 0 aliphatic carbocycles. The molecule has 0 atom stereocenters. The quantitative estimate of drug-likeness (QED) is 0.494. The number of aliphatic hydroxyl groups excluding tert-OH is 2. The Morgan fingerprint density at radius 3 is 1.52 bits per heavy atom. The fourth-order valence-electron chi connectivity index (χ4n) is 1.49. The molecule has 21 heavy (non-hydrogen) atoms. The topological polar surface area (TPSA) is 77.4 Å². The Bertz CT molecular complexity index is 313. The van der Waals surface area contributed by atoms with E-state index in [1.165, 1.54) is 0 Å². The molecular formula is C14H24O6S. The minimum Gasteiger partial charge on any atom is -0.394 e. The maximum Gasteiger partial charge on any atom is 0.0810 e. The predicted molar refractivity (Wildman–Crippen MR) is 79.4 cm³/mol. The third-order valence-corrected chi connectivity index (χ3v) is 3.45. The highest BCUT2D eigenvalue weighted by Crippen LogP contribution is 2.18. The maximum absolute atomic E-state index is 8.54. The van der Waals surface area contributed by atoms with Crippen molar-refractivity contribution >= 4 is 11.3 Å². The summed E-state index contributed by atoms with van der Waals surface area (Å²) in [6, 6.07) is 4.06. The molecule has 0 saturated carbocycles. The van der Waals surface area contributed by atoms with E-state index in [1.54, 1.807) is 11.3 Å². The van der Waals surface area contributed by atoms with Gasteiger partial charge in [0.15, 0.2) is 0 Å². The number of thiophene rings is 1. The van der Waals surface area contributed by atoms with Crippen molar-refractivity contribution in [2.24, 2.45) is 0 Å². The van der Waals surface area contributed by atoms with Crippen LogP contribution in [0.1, 0.15) is 9.75 Å². The summed E-state index contributed by atoms with van der Waals surface area (Å²) in [5.74, 6) is 0. The van der Waals surface area contributed by atoms with E-state index in [1.807, 2.05) is 12.1 Å². The smallest absolute Gasteiger partial charge is 0.0810 e. The van der Waals surface area contributed by atoms with Crippen molar-refractivity contribution in [2.75, 3.05) is 52.9 Å². The Balaban J connectivity index is 2.01. The standard InChI is InChI=1S/C14H24O6S/c15-3-5-17-7-9-19-11-13-1-2-14(21-13)12-20-10-8-18-6-4-16/h1-2,15-16H,3-12H2. The van der Waals surface area contributed by atoms with Gasteiger partial charge in [-0.1, -0.05) is 0 Å². The third-order valence-electron chi connectivity index (χ3n) is 2.42. The van der Waals surface area contributed by atoms with Crippen LogP contribution in [0.5, 0.6) is 0 Å². The van der Waals surface area contributed by atoms with Crippen LogP contribution in [0.3, 0.4) is 0 Å². The molecule has 0 aliphatic rings. The number of hydrogen-bond donors (Lipinski definition) is 2. The lowest BCUT2D eigenvalue weighted by Gasteiger charge is -2.04. The molecule has 1 rings (SSSR count). The van der Waals surface area contributed by atoms with Crippen LogP contribution in [0, 0.1) is 0 Å². The van der Waals surface area contributed by atoms with E-state index in [-0.39, 0.29) is 13.2 Å². The van der Waals surface area contributed by atoms with Crippen LogP contribution >= 0.6 is 11.3 Å². The molecule has 0 unspecified atom stereocenters. The maximum atomic E-state index is 8.54. The van der Waals surface area contributed by atoms with Crippen LogP contribution in [-0.2, 0) is 32.2 Å². The lowest BCUT2D eigenvalue weighted by atomic mass is 10.4. The van der Waals surface area contributed by atoms with Crippen LogP contribution in [0.4, 0.5) is 0 Å². The summed E-state index contributed by atoms with van der Waals surface area (Å²) >= 11 is 1.66. The van der Waals surface area contributed by atoms with E-state index in [2.05, 4.69) is 0 Å². The molecular weight excluding hydrogens is 296 g/mol. The van der Waals surface area contributed by atoms with E-state index in [9.17, 15) is 0 Å². The summed E-state index contributed by atoms with van der Waals surface area (Å²) in [6.45, 7) is 3.94. The van der Waals surface area contributed by atoms with Crippen LogP contribution < -0.4 is 0 Å². The molecule has 7 heteroatoms. The van der Waals surface area contributed by atoms with Crippen molar-refractivity contribution in [3.05, 3.63) is 21.9 Å². The van der Waals surface area contributed by atoms with Gasteiger partial charge in [0.05, 0.1) is 66.1 Å². The molecule has 0 aliphatic heterocycles. The van der Waals surface area contributed by atoms with Gasteiger partial charge in [-0.05, 0) is 12.1 Å². The second-order valence-electron chi connectivity index (χ2n) is 4.15. The van der Waals surface area contributed by atoms with Crippen molar-refractivity contribution < 1.29 is 29.2 Å². The lowest BCUT2D eigenvalue weighted by Crippen LogP contribution is -2.07. The first-order valence-corrected chi connectivity index (χ1v) is 7.78. The molecule has 0 aromatic carbocycles. The predicted octanol–water partition coefficient (Wildman–Crippen LogP) is 0.799. The zero-order valence-electron chi connectivity index (χ0n) is 12.2. The van der Waals surface area contributed by atoms with Gasteiger partial charge in [-0.15, -0.1) is 11.3 Å². The first kappa shape index (κ1) is 18.5. The van der Waals surface area contributed by atoms with Crippen LogP contribution in [-0.4, -0.2) is 63.1 Å². The molecule has 0 amide bonds. The van der Waals surface area contributed by atoms with Gasteiger partial charge >= 0.3 is 0 Å². The van der Waals surface area contributed by atoms with Gasteiger partial charge in [0.1, 0.15) is 0 Å². The molecule has 122 valence electrons. The Hall–Kier alpha value is -0.540. The second kappa shape index (κ2) is 13.1. The van der Waals surface area contributed by atoms with Crippen molar-refractivity contribution in [1.82, 2.24) is 0 Å². The largest absolute Gasteiger partial charge is 0.394 e. The summed E-state index contributed by atoms with van der Waals surface area (Å²) in [7, 11) is 0.